The smallest absolute Gasteiger partial charge is 0.116 e. The molecule has 1 N–H and O–H groups in total. The Morgan fingerprint density at radius 2 is 1.35 bits per heavy atom. The van der Waals surface area contributed by atoms with Crippen LogP contribution in [0.15, 0.2) is 0 Å². The minimum Gasteiger partial charge on any atom is -0.748 e. The highest BCUT2D eigenvalue weighted by atomic mass is 32.2. The fourth-order valence-corrected chi connectivity index (χ4v) is 3.55. The first-order chi connectivity index (χ1) is 10.7. The van der Waals surface area contributed by atoms with Gasteiger partial charge in [0.1, 0.15) is 12.6 Å². The Bertz CT molecular complexity index is 382. The molecule has 1 atom stereocenters. The molecule has 0 aliphatic carbocycles. The van der Waals surface area contributed by atoms with Gasteiger partial charge in [0.05, 0.1) is 36.5 Å². The molecular weight excluding hydrogens is 314 g/mol. The van der Waals surface area contributed by atoms with Crippen LogP contribution in [-0.4, -0.2) is 61.6 Å². The summed E-state index contributed by atoms with van der Waals surface area (Å²) in [6, 6.07) is 0. The van der Waals surface area contributed by atoms with Gasteiger partial charge in [0.15, 0.2) is 0 Å². The minimum atomic E-state index is -4.35. The van der Waals surface area contributed by atoms with Crippen molar-refractivity contribution in [2.24, 2.45) is 0 Å². The third kappa shape index (κ3) is 16.5. The highest BCUT2D eigenvalue weighted by Gasteiger charge is 2.21. The first-order valence-electron chi connectivity index (χ1n) is 9.10. The molecule has 140 valence electrons. The molecule has 0 radical (unpaired) electrons. The van der Waals surface area contributed by atoms with Gasteiger partial charge in [-0.1, -0.05) is 58.3 Å². The summed E-state index contributed by atoms with van der Waals surface area (Å²) in [6.45, 7) is 3.43. The molecule has 0 fully saturated rings. The third-order valence-electron chi connectivity index (χ3n) is 4.22. The van der Waals surface area contributed by atoms with Crippen molar-refractivity contribution in [3.05, 3.63) is 0 Å². The summed E-state index contributed by atoms with van der Waals surface area (Å²) < 4.78 is 32.5. The predicted molar refractivity (Wildman–Crippen MR) is 94.3 cm³/mol. The Balaban J connectivity index is 3.62. The Kier molecular flexibility index (Phi) is 12.1. The molecule has 5 nitrogen and oxygen atoms in total. The van der Waals surface area contributed by atoms with Crippen molar-refractivity contribution in [3.8, 4) is 0 Å². The Morgan fingerprint density at radius 3 is 1.78 bits per heavy atom. The van der Waals surface area contributed by atoms with Crippen LogP contribution in [-0.2, 0) is 10.1 Å². The predicted octanol–water partition coefficient (Wildman–Crippen LogP) is 2.89. The van der Waals surface area contributed by atoms with Crippen molar-refractivity contribution in [1.82, 2.24) is 0 Å². The SMILES string of the molecule is CCCCCCCCCCCC[N+](C)(C)C[C@H](O)CS(=O)(=O)[O-]. The van der Waals surface area contributed by atoms with Gasteiger partial charge in [-0.3, -0.25) is 0 Å². The van der Waals surface area contributed by atoms with E-state index in [4.69, 9.17) is 0 Å². The number of hydrogen-bond acceptors (Lipinski definition) is 4. The van der Waals surface area contributed by atoms with Gasteiger partial charge in [-0.15, -0.1) is 0 Å². The van der Waals surface area contributed by atoms with Crippen LogP contribution in [0, 0.1) is 0 Å². The molecule has 6 heteroatoms. The number of hydrogen-bond donors (Lipinski definition) is 1. The van der Waals surface area contributed by atoms with E-state index in [-0.39, 0.29) is 0 Å². The highest BCUT2D eigenvalue weighted by Crippen LogP contribution is 2.12. The summed E-state index contributed by atoms with van der Waals surface area (Å²) in [7, 11) is -0.417. The molecule has 0 aromatic heterocycles. The van der Waals surface area contributed by atoms with Crippen LogP contribution in [0.4, 0.5) is 0 Å². The average molecular weight is 352 g/mol. The number of aliphatic hydroxyl groups is 1. The summed E-state index contributed by atoms with van der Waals surface area (Å²) in [5.41, 5.74) is 0. The maximum Gasteiger partial charge on any atom is 0.116 e. The standard InChI is InChI=1S/C17H37NO4S/c1-4-5-6-7-8-9-10-11-12-13-14-18(2,3)15-17(19)16-23(20,21)22/h17,19H,4-16H2,1-3H3/t17-/m0/s1. The van der Waals surface area contributed by atoms with Crippen LogP contribution in [0.1, 0.15) is 71.1 Å². The van der Waals surface area contributed by atoms with Crippen LogP contribution < -0.4 is 0 Å². The lowest BCUT2D eigenvalue weighted by Gasteiger charge is -2.32. The number of likely N-dealkylation sites (N-methyl/N-ethyl adjacent to an activating group) is 1. The quantitative estimate of drug-likeness (QED) is 0.279. The number of nitrogens with zero attached hydrogens (tertiary/aromatic N) is 1. The van der Waals surface area contributed by atoms with Crippen molar-refractivity contribution < 1.29 is 22.6 Å². The van der Waals surface area contributed by atoms with Crippen LogP contribution in [0.25, 0.3) is 0 Å². The summed E-state index contributed by atoms with van der Waals surface area (Å²) in [5, 5.41) is 9.69. The van der Waals surface area contributed by atoms with Gasteiger partial charge < -0.3 is 14.1 Å². The van der Waals surface area contributed by atoms with Crippen molar-refractivity contribution >= 4 is 10.1 Å². The lowest BCUT2D eigenvalue weighted by Crippen LogP contribution is -2.47. The van der Waals surface area contributed by atoms with Gasteiger partial charge in [-0.25, -0.2) is 8.42 Å². The maximum atomic E-state index is 10.6. The molecule has 0 saturated carbocycles. The third-order valence-corrected chi connectivity index (χ3v) is 5.01. The summed E-state index contributed by atoms with van der Waals surface area (Å²) in [6.07, 6.45) is 11.7. The second-order valence-electron chi connectivity index (χ2n) is 7.40. The summed E-state index contributed by atoms with van der Waals surface area (Å²) in [5.74, 6) is -0.688. The van der Waals surface area contributed by atoms with E-state index in [1.807, 2.05) is 14.1 Å². The normalized spacial score (nSPS) is 14.1. The van der Waals surface area contributed by atoms with E-state index in [9.17, 15) is 18.1 Å². The maximum absolute atomic E-state index is 10.6. The molecule has 0 heterocycles. The number of unbranched alkanes of at least 4 members (excludes halogenated alkanes) is 9. The number of aliphatic hydroxyl groups excluding tert-OH is 1. The molecule has 0 aliphatic heterocycles. The van der Waals surface area contributed by atoms with E-state index in [1.165, 1.54) is 57.8 Å². The fraction of sp³-hybridized carbons (Fsp3) is 1.00. The lowest BCUT2D eigenvalue weighted by molar-refractivity contribution is -0.893. The average Bonchev–Trinajstić information content (AvgIpc) is 2.37. The second kappa shape index (κ2) is 12.2. The highest BCUT2D eigenvalue weighted by molar-refractivity contribution is 7.85. The molecule has 0 aliphatic rings. The molecule has 0 aromatic carbocycles. The Morgan fingerprint density at radius 1 is 0.913 bits per heavy atom. The molecule has 0 spiro atoms. The zero-order valence-corrected chi connectivity index (χ0v) is 16.1. The number of rotatable bonds is 15. The van der Waals surface area contributed by atoms with Crippen LogP contribution in [0.5, 0.6) is 0 Å². The molecule has 0 unspecified atom stereocenters. The van der Waals surface area contributed by atoms with Crippen molar-refractivity contribution in [2.45, 2.75) is 77.2 Å². The van der Waals surface area contributed by atoms with E-state index >= 15 is 0 Å². The molecule has 0 rings (SSSR count). The first kappa shape index (κ1) is 22.8. The molecule has 0 bridgehead atoms. The molecule has 23 heavy (non-hydrogen) atoms. The van der Waals surface area contributed by atoms with Gasteiger partial charge in [0.25, 0.3) is 0 Å². The van der Waals surface area contributed by atoms with Crippen molar-refractivity contribution in [3.63, 3.8) is 0 Å². The van der Waals surface area contributed by atoms with E-state index < -0.39 is 22.0 Å². The zero-order chi connectivity index (χ0) is 17.8. The molecule has 0 aromatic rings. The summed E-state index contributed by atoms with van der Waals surface area (Å²) in [4.78, 5) is 0. The summed E-state index contributed by atoms with van der Waals surface area (Å²) >= 11 is 0. The minimum absolute atomic E-state index is 0.304. The first-order valence-corrected chi connectivity index (χ1v) is 10.7. The van der Waals surface area contributed by atoms with Crippen LogP contribution in [0.3, 0.4) is 0 Å². The van der Waals surface area contributed by atoms with E-state index in [0.29, 0.717) is 11.0 Å². The second-order valence-corrected chi connectivity index (χ2v) is 8.85. The monoisotopic (exact) mass is 351 g/mol. The largest absolute Gasteiger partial charge is 0.748 e. The topological polar surface area (TPSA) is 77.4 Å². The van der Waals surface area contributed by atoms with Gasteiger partial charge in [-0.2, -0.15) is 0 Å². The van der Waals surface area contributed by atoms with Crippen molar-refractivity contribution in [2.75, 3.05) is 32.9 Å². The zero-order valence-electron chi connectivity index (χ0n) is 15.3. The van der Waals surface area contributed by atoms with Gasteiger partial charge in [0.2, 0.25) is 0 Å². The van der Waals surface area contributed by atoms with Gasteiger partial charge in [0, 0.05) is 0 Å². The van der Waals surface area contributed by atoms with E-state index in [1.54, 1.807) is 0 Å². The van der Waals surface area contributed by atoms with Crippen molar-refractivity contribution in [1.29, 1.82) is 0 Å². The van der Waals surface area contributed by atoms with Crippen LogP contribution >= 0.6 is 0 Å². The van der Waals surface area contributed by atoms with Gasteiger partial charge in [-0.05, 0) is 12.8 Å². The number of quaternary nitrogens is 1. The fourth-order valence-electron chi connectivity index (χ4n) is 2.98. The Hall–Kier alpha value is -0.170. The van der Waals surface area contributed by atoms with E-state index in [2.05, 4.69) is 6.92 Å². The molecule has 0 saturated heterocycles. The lowest BCUT2D eigenvalue weighted by atomic mass is 10.1. The van der Waals surface area contributed by atoms with E-state index in [0.717, 1.165) is 13.0 Å². The Labute approximate surface area is 143 Å². The van der Waals surface area contributed by atoms with Gasteiger partial charge >= 0.3 is 0 Å². The molecule has 0 amide bonds. The molecular formula is C17H37NO4S. The van der Waals surface area contributed by atoms with Crippen LogP contribution in [0.2, 0.25) is 0 Å².